The first kappa shape index (κ1) is 23.1. The summed E-state index contributed by atoms with van der Waals surface area (Å²) in [6.45, 7) is 10.6. The van der Waals surface area contributed by atoms with Crippen molar-refractivity contribution in [2.45, 2.75) is 40.8 Å². The maximum Gasteiger partial charge on any atom is 0.219 e. The number of nitrogens with zero attached hydrogens (tertiary/aromatic N) is 4. The zero-order valence-electron chi connectivity index (χ0n) is 19.5. The Bertz CT molecular complexity index is 1040. The maximum absolute atomic E-state index is 5.89. The normalized spacial score (nSPS) is 11.3. The van der Waals surface area contributed by atoms with E-state index in [1.165, 1.54) is 5.56 Å². The van der Waals surface area contributed by atoms with Crippen molar-refractivity contribution >= 4 is 5.96 Å². The number of hydrogen-bond acceptors (Lipinski definition) is 5. The van der Waals surface area contributed by atoms with Gasteiger partial charge in [0.15, 0.2) is 17.5 Å². The quantitative estimate of drug-likeness (QED) is 0.391. The number of aryl methyl sites for hydroxylation is 2. The number of pyridine rings is 1. The Morgan fingerprint density at radius 3 is 2.47 bits per heavy atom. The smallest absolute Gasteiger partial charge is 0.219 e. The molecule has 0 saturated heterocycles. The van der Waals surface area contributed by atoms with Crippen molar-refractivity contribution in [1.82, 2.24) is 25.4 Å². The molecule has 3 rings (SSSR count). The largest absolute Gasteiger partial charge is 0.490 e. The van der Waals surface area contributed by atoms with Crippen molar-refractivity contribution in [2.24, 2.45) is 12.0 Å². The van der Waals surface area contributed by atoms with Crippen LogP contribution in [0.4, 0.5) is 0 Å². The van der Waals surface area contributed by atoms with Gasteiger partial charge in [-0.3, -0.25) is 4.68 Å². The van der Waals surface area contributed by atoms with E-state index in [1.807, 2.05) is 68.9 Å². The molecule has 8 nitrogen and oxygen atoms in total. The molecule has 0 amide bonds. The predicted molar refractivity (Wildman–Crippen MR) is 126 cm³/mol. The molecule has 0 unspecified atom stereocenters. The molecular weight excluding hydrogens is 404 g/mol. The Labute approximate surface area is 189 Å². The van der Waals surface area contributed by atoms with Gasteiger partial charge < -0.3 is 20.1 Å². The lowest BCUT2D eigenvalue weighted by Gasteiger charge is -2.12. The molecule has 0 fully saturated rings. The predicted octanol–water partition coefficient (Wildman–Crippen LogP) is 3.88. The van der Waals surface area contributed by atoms with E-state index in [-0.39, 0.29) is 0 Å². The molecule has 1 aromatic carbocycles. The second-order valence-electron chi connectivity index (χ2n) is 7.31. The van der Waals surface area contributed by atoms with Crippen molar-refractivity contribution in [2.75, 3.05) is 13.2 Å². The van der Waals surface area contributed by atoms with Crippen molar-refractivity contribution in [3.8, 4) is 17.4 Å². The highest BCUT2D eigenvalue weighted by molar-refractivity contribution is 5.79. The van der Waals surface area contributed by atoms with Crippen LogP contribution in [-0.4, -0.2) is 33.9 Å². The fourth-order valence-corrected chi connectivity index (χ4v) is 3.24. The van der Waals surface area contributed by atoms with Crippen LogP contribution in [0.2, 0.25) is 0 Å². The van der Waals surface area contributed by atoms with Gasteiger partial charge in [0.25, 0.3) is 0 Å². The summed E-state index contributed by atoms with van der Waals surface area (Å²) in [4.78, 5) is 9.10. The summed E-state index contributed by atoms with van der Waals surface area (Å²) in [5, 5.41) is 11.1. The van der Waals surface area contributed by atoms with Crippen LogP contribution >= 0.6 is 0 Å². The Hall–Kier alpha value is -3.55. The standard InChI is InChI=1S/C24H32N6O2/c1-6-25-24(28-16-20-17(3)29-30(5)18(20)4)27-15-19-12-13-23(26-14-19)32-22-11-9-8-10-21(22)31-7-2/h8-14H,6-7,15-16H2,1-5H3,(H2,25,27,28). The number of ether oxygens (including phenoxy) is 2. The summed E-state index contributed by atoms with van der Waals surface area (Å²) >= 11 is 0. The highest BCUT2D eigenvalue weighted by Gasteiger charge is 2.10. The van der Waals surface area contributed by atoms with Gasteiger partial charge in [0.2, 0.25) is 5.88 Å². The van der Waals surface area contributed by atoms with Crippen LogP contribution in [0, 0.1) is 13.8 Å². The highest BCUT2D eigenvalue weighted by atomic mass is 16.5. The van der Waals surface area contributed by atoms with Gasteiger partial charge in [-0.05, 0) is 45.4 Å². The molecule has 2 N–H and O–H groups in total. The zero-order chi connectivity index (χ0) is 22.9. The van der Waals surface area contributed by atoms with E-state index in [0.29, 0.717) is 37.1 Å². The zero-order valence-corrected chi connectivity index (χ0v) is 19.5. The van der Waals surface area contributed by atoms with E-state index in [1.54, 1.807) is 6.20 Å². The van der Waals surface area contributed by atoms with Crippen molar-refractivity contribution in [3.63, 3.8) is 0 Å². The first-order chi connectivity index (χ1) is 15.5. The van der Waals surface area contributed by atoms with E-state index in [4.69, 9.17) is 9.47 Å². The summed E-state index contributed by atoms with van der Waals surface area (Å²) in [5.41, 5.74) is 4.35. The molecule has 0 aliphatic carbocycles. The molecule has 170 valence electrons. The van der Waals surface area contributed by atoms with Crippen LogP contribution in [0.3, 0.4) is 0 Å². The summed E-state index contributed by atoms with van der Waals surface area (Å²) in [6.07, 6.45) is 1.78. The van der Waals surface area contributed by atoms with Gasteiger partial charge in [-0.1, -0.05) is 18.2 Å². The van der Waals surface area contributed by atoms with Crippen LogP contribution < -0.4 is 20.1 Å². The lowest BCUT2D eigenvalue weighted by molar-refractivity contribution is 0.319. The average molecular weight is 437 g/mol. The van der Waals surface area contributed by atoms with Crippen LogP contribution in [0.5, 0.6) is 17.4 Å². The van der Waals surface area contributed by atoms with Crippen LogP contribution in [0.25, 0.3) is 0 Å². The number of guanidine groups is 1. The molecular formula is C24H32N6O2. The fourth-order valence-electron chi connectivity index (χ4n) is 3.24. The third-order valence-corrected chi connectivity index (χ3v) is 5.02. The minimum Gasteiger partial charge on any atom is -0.490 e. The van der Waals surface area contributed by atoms with Crippen LogP contribution in [0.1, 0.15) is 36.4 Å². The van der Waals surface area contributed by atoms with Gasteiger partial charge in [-0.2, -0.15) is 5.10 Å². The molecule has 0 radical (unpaired) electrons. The number of aromatic nitrogens is 3. The van der Waals surface area contributed by atoms with Gasteiger partial charge in [0, 0.05) is 43.7 Å². The second kappa shape index (κ2) is 11.2. The summed E-state index contributed by atoms with van der Waals surface area (Å²) < 4.78 is 13.4. The van der Waals surface area contributed by atoms with Gasteiger partial charge in [0.05, 0.1) is 18.8 Å². The van der Waals surface area contributed by atoms with Crippen LogP contribution in [0.15, 0.2) is 47.6 Å². The topological polar surface area (TPSA) is 85.6 Å². The molecule has 0 aliphatic rings. The summed E-state index contributed by atoms with van der Waals surface area (Å²) in [5.74, 6) is 2.61. The lowest BCUT2D eigenvalue weighted by Crippen LogP contribution is -2.37. The molecule has 32 heavy (non-hydrogen) atoms. The summed E-state index contributed by atoms with van der Waals surface area (Å²) in [6, 6.07) is 11.4. The fraction of sp³-hybridized carbons (Fsp3) is 0.375. The molecule has 0 spiro atoms. The highest BCUT2D eigenvalue weighted by Crippen LogP contribution is 2.30. The summed E-state index contributed by atoms with van der Waals surface area (Å²) in [7, 11) is 1.96. The van der Waals surface area contributed by atoms with Crippen molar-refractivity contribution < 1.29 is 9.47 Å². The van der Waals surface area contributed by atoms with E-state index < -0.39 is 0 Å². The Morgan fingerprint density at radius 1 is 1.06 bits per heavy atom. The number of nitrogens with one attached hydrogen (secondary N) is 2. The average Bonchev–Trinajstić information content (AvgIpc) is 3.03. The van der Waals surface area contributed by atoms with Gasteiger partial charge in [-0.25, -0.2) is 9.98 Å². The van der Waals surface area contributed by atoms with Crippen molar-refractivity contribution in [3.05, 3.63) is 65.1 Å². The van der Waals surface area contributed by atoms with Gasteiger partial charge in [-0.15, -0.1) is 0 Å². The number of aliphatic imine (C=N–C) groups is 1. The molecule has 3 aromatic rings. The monoisotopic (exact) mass is 436 g/mol. The van der Waals surface area contributed by atoms with E-state index in [0.717, 1.165) is 29.5 Å². The van der Waals surface area contributed by atoms with E-state index >= 15 is 0 Å². The first-order valence-corrected chi connectivity index (χ1v) is 10.9. The SMILES string of the molecule is CCNC(=NCc1ccc(Oc2ccccc2OCC)nc1)NCc1c(C)nn(C)c1C. The van der Waals surface area contributed by atoms with E-state index in [9.17, 15) is 0 Å². The molecule has 0 saturated carbocycles. The second-order valence-corrected chi connectivity index (χ2v) is 7.31. The molecule has 8 heteroatoms. The third kappa shape index (κ3) is 6.00. The van der Waals surface area contributed by atoms with Gasteiger partial charge in [0.1, 0.15) is 0 Å². The number of hydrogen-bond donors (Lipinski definition) is 2. The minimum absolute atomic E-state index is 0.503. The molecule has 0 atom stereocenters. The Balaban J connectivity index is 1.62. The van der Waals surface area contributed by atoms with Crippen LogP contribution in [-0.2, 0) is 20.1 Å². The first-order valence-electron chi connectivity index (χ1n) is 10.9. The minimum atomic E-state index is 0.503. The number of para-hydroxylation sites is 2. The molecule has 2 aromatic heterocycles. The lowest BCUT2D eigenvalue weighted by atomic mass is 10.2. The maximum atomic E-state index is 5.89. The Kier molecular flexibility index (Phi) is 8.08. The van der Waals surface area contributed by atoms with Gasteiger partial charge >= 0.3 is 0 Å². The number of benzene rings is 1. The molecule has 2 heterocycles. The third-order valence-electron chi connectivity index (χ3n) is 5.02. The van der Waals surface area contributed by atoms with E-state index in [2.05, 4.69) is 32.6 Å². The molecule has 0 aliphatic heterocycles. The Morgan fingerprint density at radius 2 is 1.84 bits per heavy atom. The number of rotatable bonds is 9. The molecule has 0 bridgehead atoms. The van der Waals surface area contributed by atoms with Crippen molar-refractivity contribution in [1.29, 1.82) is 0 Å².